The summed E-state index contributed by atoms with van der Waals surface area (Å²) in [6.07, 6.45) is 1.58. The first-order chi connectivity index (χ1) is 8.15. The average Bonchev–Trinajstić information content (AvgIpc) is 2.59. The van der Waals surface area contributed by atoms with Gasteiger partial charge in [-0.25, -0.2) is 4.79 Å². The molecular formula is C13H15NO3. The maximum Gasteiger partial charge on any atom is 0.422 e. The van der Waals surface area contributed by atoms with Crippen LogP contribution in [0.5, 0.6) is 5.95 Å². The summed E-state index contributed by atoms with van der Waals surface area (Å²) in [4.78, 5) is 11.5. The van der Waals surface area contributed by atoms with E-state index >= 15 is 0 Å². The minimum absolute atomic E-state index is 0.00859. The number of ether oxygens (including phenoxy) is 1. The molecule has 17 heavy (non-hydrogen) atoms. The predicted molar refractivity (Wildman–Crippen MR) is 64.3 cm³/mol. The molecule has 90 valence electrons. The van der Waals surface area contributed by atoms with Crippen molar-refractivity contribution in [1.82, 2.24) is 4.57 Å². The summed E-state index contributed by atoms with van der Waals surface area (Å²) >= 11 is 0. The van der Waals surface area contributed by atoms with E-state index in [9.17, 15) is 4.79 Å². The van der Waals surface area contributed by atoms with Gasteiger partial charge in [0.25, 0.3) is 0 Å². The van der Waals surface area contributed by atoms with E-state index in [1.165, 1.54) is 4.57 Å². The maximum atomic E-state index is 11.5. The number of hydrogen-bond donors (Lipinski definition) is 0. The maximum absolute atomic E-state index is 11.5. The lowest BCUT2D eigenvalue weighted by molar-refractivity contribution is 0.182. The van der Waals surface area contributed by atoms with Crippen molar-refractivity contribution in [2.24, 2.45) is 0 Å². The lowest BCUT2D eigenvalue weighted by Gasteiger charge is -2.03. The summed E-state index contributed by atoms with van der Waals surface area (Å²) in [6, 6.07) is 9.73. The average molecular weight is 233 g/mol. The molecule has 0 atom stereocenters. The van der Waals surface area contributed by atoms with Crippen LogP contribution >= 0.6 is 0 Å². The van der Waals surface area contributed by atoms with Crippen LogP contribution in [0.2, 0.25) is 0 Å². The van der Waals surface area contributed by atoms with Gasteiger partial charge in [0, 0.05) is 0 Å². The third-order valence-corrected chi connectivity index (χ3v) is 2.23. The van der Waals surface area contributed by atoms with Crippen LogP contribution in [-0.4, -0.2) is 10.7 Å². The van der Waals surface area contributed by atoms with Crippen molar-refractivity contribution in [1.29, 1.82) is 0 Å². The van der Waals surface area contributed by atoms with E-state index in [-0.39, 0.29) is 12.1 Å². The van der Waals surface area contributed by atoms with Crippen molar-refractivity contribution in [2.45, 2.75) is 26.5 Å². The molecule has 0 saturated carbocycles. The largest absolute Gasteiger partial charge is 0.461 e. The highest BCUT2D eigenvalue weighted by molar-refractivity contribution is 5.15. The highest BCUT2D eigenvalue weighted by atomic mass is 16.6. The van der Waals surface area contributed by atoms with E-state index in [2.05, 4.69) is 0 Å². The Hall–Kier alpha value is -1.97. The molecule has 0 saturated heterocycles. The Morgan fingerprint density at radius 2 is 2.00 bits per heavy atom. The van der Waals surface area contributed by atoms with Crippen molar-refractivity contribution in [3.8, 4) is 5.95 Å². The molecule has 0 unspecified atom stereocenters. The summed E-state index contributed by atoms with van der Waals surface area (Å²) in [7, 11) is 0. The lowest BCUT2D eigenvalue weighted by atomic mass is 10.2. The second-order valence-corrected chi connectivity index (χ2v) is 4.10. The molecule has 0 aliphatic rings. The summed E-state index contributed by atoms with van der Waals surface area (Å²) in [5, 5.41) is 0. The fraction of sp³-hybridized carbons (Fsp3) is 0.308. The molecule has 2 aromatic rings. The topological polar surface area (TPSA) is 44.4 Å². The Labute approximate surface area is 99.4 Å². The Morgan fingerprint density at radius 1 is 1.29 bits per heavy atom. The van der Waals surface area contributed by atoms with Crippen molar-refractivity contribution < 1.29 is 9.15 Å². The predicted octanol–water partition coefficient (Wildman–Crippen LogP) is 2.28. The highest BCUT2D eigenvalue weighted by Gasteiger charge is 2.08. The van der Waals surface area contributed by atoms with E-state index < -0.39 is 5.76 Å². The molecule has 0 aliphatic heterocycles. The number of aromatic nitrogens is 1. The molecule has 4 nitrogen and oxygen atoms in total. The summed E-state index contributed by atoms with van der Waals surface area (Å²) < 4.78 is 11.8. The number of hydrogen-bond acceptors (Lipinski definition) is 3. The minimum Gasteiger partial charge on any atom is -0.461 e. The number of oxazole rings is 1. The first-order valence-corrected chi connectivity index (χ1v) is 5.56. The van der Waals surface area contributed by atoms with Crippen molar-refractivity contribution >= 4 is 0 Å². The second kappa shape index (κ2) is 4.91. The van der Waals surface area contributed by atoms with E-state index in [0.29, 0.717) is 6.54 Å². The van der Waals surface area contributed by atoms with Gasteiger partial charge in [0.1, 0.15) is 0 Å². The Balaban J connectivity index is 2.17. The van der Waals surface area contributed by atoms with Gasteiger partial charge in [-0.05, 0) is 19.4 Å². The van der Waals surface area contributed by atoms with Crippen LogP contribution < -0.4 is 10.5 Å². The third kappa shape index (κ3) is 3.00. The molecule has 0 amide bonds. The first kappa shape index (κ1) is 11.5. The number of benzene rings is 1. The van der Waals surface area contributed by atoms with E-state index in [4.69, 9.17) is 9.15 Å². The molecule has 0 aliphatic carbocycles. The Morgan fingerprint density at radius 3 is 2.65 bits per heavy atom. The lowest BCUT2D eigenvalue weighted by Crippen LogP contribution is -2.13. The van der Waals surface area contributed by atoms with Crippen LogP contribution in [0.1, 0.15) is 19.4 Å². The zero-order valence-corrected chi connectivity index (χ0v) is 9.92. The van der Waals surface area contributed by atoms with Crippen LogP contribution in [0.4, 0.5) is 0 Å². The SMILES string of the molecule is CC(C)Oc1cn(Cc2ccccc2)c(=O)o1. The van der Waals surface area contributed by atoms with Crippen LogP contribution in [0.25, 0.3) is 0 Å². The van der Waals surface area contributed by atoms with Gasteiger partial charge in [-0.15, -0.1) is 0 Å². The van der Waals surface area contributed by atoms with Crippen LogP contribution in [0.15, 0.2) is 45.7 Å². The number of rotatable bonds is 4. The molecule has 1 heterocycles. The highest BCUT2D eigenvalue weighted by Crippen LogP contribution is 2.10. The Bertz CT molecular complexity index is 525. The molecule has 0 N–H and O–H groups in total. The zero-order valence-electron chi connectivity index (χ0n) is 9.92. The molecule has 0 fully saturated rings. The van der Waals surface area contributed by atoms with Crippen LogP contribution in [0, 0.1) is 0 Å². The smallest absolute Gasteiger partial charge is 0.422 e. The first-order valence-electron chi connectivity index (χ1n) is 5.56. The van der Waals surface area contributed by atoms with Gasteiger partial charge >= 0.3 is 11.7 Å². The fourth-order valence-electron chi connectivity index (χ4n) is 1.53. The molecule has 0 radical (unpaired) electrons. The third-order valence-electron chi connectivity index (χ3n) is 2.23. The summed E-state index contributed by atoms with van der Waals surface area (Å²) in [6.45, 7) is 4.26. The molecule has 0 spiro atoms. The Kier molecular flexibility index (Phi) is 3.32. The van der Waals surface area contributed by atoms with Crippen LogP contribution in [0.3, 0.4) is 0 Å². The monoisotopic (exact) mass is 233 g/mol. The van der Waals surface area contributed by atoms with Gasteiger partial charge in [-0.1, -0.05) is 30.3 Å². The summed E-state index contributed by atoms with van der Waals surface area (Å²) in [5.74, 6) is -0.134. The summed E-state index contributed by atoms with van der Waals surface area (Å²) in [5.41, 5.74) is 1.05. The van der Waals surface area contributed by atoms with E-state index in [1.54, 1.807) is 6.20 Å². The fourth-order valence-corrected chi connectivity index (χ4v) is 1.53. The molecule has 2 rings (SSSR count). The van der Waals surface area contributed by atoms with Gasteiger partial charge < -0.3 is 9.15 Å². The van der Waals surface area contributed by atoms with Crippen molar-refractivity contribution in [3.63, 3.8) is 0 Å². The quantitative estimate of drug-likeness (QED) is 0.813. The minimum atomic E-state index is -0.399. The van der Waals surface area contributed by atoms with Gasteiger partial charge in [-0.3, -0.25) is 4.57 Å². The van der Waals surface area contributed by atoms with E-state index in [0.717, 1.165) is 5.56 Å². The van der Waals surface area contributed by atoms with Gasteiger partial charge in [-0.2, -0.15) is 0 Å². The molecule has 4 heteroatoms. The van der Waals surface area contributed by atoms with Crippen LogP contribution in [-0.2, 0) is 6.54 Å². The zero-order chi connectivity index (χ0) is 12.3. The van der Waals surface area contributed by atoms with Crippen molar-refractivity contribution in [3.05, 3.63) is 52.6 Å². The van der Waals surface area contributed by atoms with Gasteiger partial charge in [0.05, 0.1) is 18.8 Å². The molecular weight excluding hydrogens is 218 g/mol. The number of nitrogens with zero attached hydrogens (tertiary/aromatic N) is 1. The van der Waals surface area contributed by atoms with E-state index in [1.807, 2.05) is 44.2 Å². The molecule has 1 aromatic carbocycles. The van der Waals surface area contributed by atoms with Crippen molar-refractivity contribution in [2.75, 3.05) is 0 Å². The molecule has 1 aromatic heterocycles. The van der Waals surface area contributed by atoms with Gasteiger partial charge in [0.2, 0.25) is 0 Å². The molecule has 0 bridgehead atoms. The second-order valence-electron chi connectivity index (χ2n) is 4.10. The normalized spacial score (nSPS) is 10.8. The standard InChI is InChI=1S/C13H15NO3/c1-10(2)16-12-9-14(13(15)17-12)8-11-6-4-3-5-7-11/h3-7,9-10H,8H2,1-2H3. The van der Waals surface area contributed by atoms with Gasteiger partial charge in [0.15, 0.2) is 0 Å².